The second-order valence-corrected chi connectivity index (χ2v) is 5.23. The molecular weight excluding hydrogens is 322 g/mol. The van der Waals surface area contributed by atoms with Gasteiger partial charge in [0.15, 0.2) is 0 Å². The lowest BCUT2D eigenvalue weighted by Crippen LogP contribution is -2.33. The minimum Gasteiger partial charge on any atom is -0.494 e. The zero-order valence-corrected chi connectivity index (χ0v) is 14.2. The second-order valence-electron chi connectivity index (χ2n) is 5.23. The van der Waals surface area contributed by atoms with Gasteiger partial charge in [-0.1, -0.05) is 0 Å². The van der Waals surface area contributed by atoms with Crippen molar-refractivity contribution in [3.8, 4) is 5.75 Å². The fraction of sp³-hybridized carbons (Fsp3) is 0.278. The maximum atomic E-state index is 12.0. The molecule has 0 aliphatic carbocycles. The summed E-state index contributed by atoms with van der Waals surface area (Å²) in [6.45, 7) is 4.61. The minimum absolute atomic E-state index is 0.135. The van der Waals surface area contributed by atoms with E-state index in [1.54, 1.807) is 30.5 Å². The first-order chi connectivity index (χ1) is 12.0. The molecule has 1 aromatic heterocycles. The van der Waals surface area contributed by atoms with Crippen molar-refractivity contribution in [2.24, 2.45) is 0 Å². The number of aromatic nitrogens is 1. The Labute approximate surface area is 145 Å². The number of amides is 2. The van der Waals surface area contributed by atoms with Gasteiger partial charge >= 0.3 is 0 Å². The van der Waals surface area contributed by atoms with Crippen molar-refractivity contribution in [1.82, 2.24) is 9.88 Å². The Morgan fingerprint density at radius 3 is 2.44 bits per heavy atom. The van der Waals surface area contributed by atoms with Gasteiger partial charge in [-0.2, -0.15) is 0 Å². The summed E-state index contributed by atoms with van der Waals surface area (Å²) < 4.78 is 6.79. The van der Waals surface area contributed by atoms with Crippen molar-refractivity contribution in [2.45, 2.75) is 20.4 Å². The molecule has 0 atom stereocenters. The van der Waals surface area contributed by atoms with Crippen LogP contribution in [0.5, 0.6) is 5.75 Å². The van der Waals surface area contributed by atoms with Gasteiger partial charge in [0.2, 0.25) is 5.91 Å². The van der Waals surface area contributed by atoms with Crippen LogP contribution in [-0.2, 0) is 11.3 Å². The van der Waals surface area contributed by atoms with E-state index in [2.05, 4.69) is 10.6 Å². The van der Waals surface area contributed by atoms with E-state index in [1.165, 1.54) is 16.7 Å². The third kappa shape index (κ3) is 5.20. The number of hydrogen-bond acceptors (Lipinski definition) is 4. The van der Waals surface area contributed by atoms with E-state index < -0.39 is 0 Å². The molecule has 0 aliphatic rings. The molecule has 2 rings (SSSR count). The number of rotatable bonds is 7. The number of carbonyl (C=O) groups is 2. The van der Waals surface area contributed by atoms with Gasteiger partial charge in [-0.15, -0.1) is 0 Å². The quantitative estimate of drug-likeness (QED) is 0.800. The fourth-order valence-electron chi connectivity index (χ4n) is 2.19. The van der Waals surface area contributed by atoms with Crippen LogP contribution in [-0.4, -0.2) is 29.5 Å². The number of nitrogens with one attached hydrogen (secondary N) is 2. The van der Waals surface area contributed by atoms with Gasteiger partial charge in [-0.3, -0.25) is 14.4 Å². The molecule has 2 aromatic rings. The molecule has 7 nitrogen and oxygen atoms in total. The summed E-state index contributed by atoms with van der Waals surface area (Å²) in [6.07, 6.45) is 1.56. The summed E-state index contributed by atoms with van der Waals surface area (Å²) in [4.78, 5) is 35.5. The van der Waals surface area contributed by atoms with Crippen LogP contribution < -0.4 is 20.9 Å². The average Bonchev–Trinajstić information content (AvgIpc) is 2.62. The number of benzene rings is 1. The molecule has 0 aliphatic heterocycles. The van der Waals surface area contributed by atoms with Gasteiger partial charge in [0, 0.05) is 24.4 Å². The zero-order chi connectivity index (χ0) is 18.2. The summed E-state index contributed by atoms with van der Waals surface area (Å²) in [5.41, 5.74) is 0.807. The van der Waals surface area contributed by atoms with E-state index in [1.807, 2.05) is 13.8 Å². The normalized spacial score (nSPS) is 10.2. The Bertz CT molecular complexity index is 797. The molecule has 0 unspecified atom stereocenters. The largest absolute Gasteiger partial charge is 0.494 e. The van der Waals surface area contributed by atoms with Crippen molar-refractivity contribution >= 4 is 17.5 Å². The number of carbonyl (C=O) groups excluding carboxylic acids is 2. The number of anilines is 1. The molecule has 2 N–H and O–H groups in total. The van der Waals surface area contributed by atoms with Crippen LogP contribution in [0.3, 0.4) is 0 Å². The highest BCUT2D eigenvalue weighted by Gasteiger charge is 2.09. The molecule has 0 bridgehead atoms. The summed E-state index contributed by atoms with van der Waals surface area (Å²) in [5.74, 6) is -0.0415. The lowest BCUT2D eigenvalue weighted by molar-refractivity contribution is -0.115. The lowest BCUT2D eigenvalue weighted by atomic mass is 10.2. The lowest BCUT2D eigenvalue weighted by Gasteiger charge is -2.09. The van der Waals surface area contributed by atoms with Gasteiger partial charge in [-0.25, -0.2) is 0 Å². The summed E-state index contributed by atoms with van der Waals surface area (Å²) >= 11 is 0. The first kappa shape index (κ1) is 18.3. The third-order valence-corrected chi connectivity index (χ3v) is 3.44. The van der Waals surface area contributed by atoms with Crippen LogP contribution in [0.25, 0.3) is 0 Å². The number of nitrogens with zero attached hydrogens (tertiary/aromatic N) is 1. The highest BCUT2D eigenvalue weighted by atomic mass is 16.5. The number of pyridine rings is 1. The summed E-state index contributed by atoms with van der Waals surface area (Å²) in [6, 6.07) is 9.59. The highest BCUT2D eigenvalue weighted by molar-refractivity contribution is 5.99. The number of hydrogen-bond donors (Lipinski definition) is 2. The Balaban J connectivity index is 1.88. The first-order valence-corrected chi connectivity index (χ1v) is 8.05. The van der Waals surface area contributed by atoms with Crippen molar-refractivity contribution in [3.05, 3.63) is 58.5 Å². The molecule has 0 spiro atoms. The molecule has 1 heterocycles. The third-order valence-electron chi connectivity index (χ3n) is 3.44. The van der Waals surface area contributed by atoms with Crippen molar-refractivity contribution < 1.29 is 14.3 Å². The standard InChI is InChI=1S/C18H21N3O4/c1-3-21-12-14(7-10-17(21)23)20-16(22)11-19-18(24)13-5-8-15(9-6-13)25-4-2/h5-10,12H,3-4,11H2,1-2H3,(H,19,24)(H,20,22). The van der Waals surface area contributed by atoms with E-state index in [-0.39, 0.29) is 23.9 Å². The van der Waals surface area contributed by atoms with Gasteiger partial charge < -0.3 is 19.9 Å². The van der Waals surface area contributed by atoms with Crippen LogP contribution in [0, 0.1) is 0 Å². The van der Waals surface area contributed by atoms with E-state index in [0.29, 0.717) is 30.2 Å². The molecule has 0 radical (unpaired) electrons. The zero-order valence-electron chi connectivity index (χ0n) is 14.2. The molecule has 132 valence electrons. The smallest absolute Gasteiger partial charge is 0.251 e. The van der Waals surface area contributed by atoms with Gasteiger partial charge in [0.1, 0.15) is 5.75 Å². The average molecular weight is 343 g/mol. The van der Waals surface area contributed by atoms with Crippen LogP contribution in [0.4, 0.5) is 5.69 Å². The predicted molar refractivity (Wildman–Crippen MR) is 94.9 cm³/mol. The van der Waals surface area contributed by atoms with Crippen LogP contribution >= 0.6 is 0 Å². The van der Waals surface area contributed by atoms with Crippen molar-refractivity contribution in [3.63, 3.8) is 0 Å². The van der Waals surface area contributed by atoms with E-state index in [9.17, 15) is 14.4 Å². The molecular formula is C18H21N3O4. The summed E-state index contributed by atoms with van der Waals surface area (Å²) in [5, 5.41) is 5.19. The molecule has 7 heteroatoms. The molecule has 0 saturated carbocycles. The molecule has 0 saturated heterocycles. The predicted octanol–water partition coefficient (Wildman–Crippen LogP) is 1.64. The van der Waals surface area contributed by atoms with Crippen LogP contribution in [0.1, 0.15) is 24.2 Å². The van der Waals surface area contributed by atoms with Gasteiger partial charge in [0.05, 0.1) is 18.8 Å². The van der Waals surface area contributed by atoms with Crippen molar-refractivity contribution in [1.29, 1.82) is 0 Å². The molecule has 2 amide bonds. The maximum Gasteiger partial charge on any atom is 0.251 e. The van der Waals surface area contributed by atoms with Gasteiger partial charge in [-0.05, 0) is 44.2 Å². The minimum atomic E-state index is -0.374. The maximum absolute atomic E-state index is 12.0. The van der Waals surface area contributed by atoms with Crippen molar-refractivity contribution in [2.75, 3.05) is 18.5 Å². The number of aryl methyl sites for hydroxylation is 1. The fourth-order valence-corrected chi connectivity index (χ4v) is 2.19. The SMILES string of the molecule is CCOc1ccc(C(=O)NCC(=O)Nc2ccc(=O)n(CC)c2)cc1. The Morgan fingerprint density at radius 2 is 1.80 bits per heavy atom. The first-order valence-electron chi connectivity index (χ1n) is 8.05. The van der Waals surface area contributed by atoms with E-state index >= 15 is 0 Å². The topological polar surface area (TPSA) is 89.4 Å². The second kappa shape index (κ2) is 8.68. The summed E-state index contributed by atoms with van der Waals surface area (Å²) in [7, 11) is 0. The molecule has 25 heavy (non-hydrogen) atoms. The Hall–Kier alpha value is -3.09. The van der Waals surface area contributed by atoms with Crippen LogP contribution in [0.15, 0.2) is 47.4 Å². The van der Waals surface area contributed by atoms with Crippen LogP contribution in [0.2, 0.25) is 0 Å². The van der Waals surface area contributed by atoms with E-state index in [4.69, 9.17) is 4.74 Å². The number of ether oxygens (including phenoxy) is 1. The Morgan fingerprint density at radius 1 is 1.08 bits per heavy atom. The Kier molecular flexibility index (Phi) is 6.33. The molecule has 0 fully saturated rings. The molecule has 1 aromatic carbocycles. The van der Waals surface area contributed by atoms with E-state index in [0.717, 1.165) is 0 Å². The van der Waals surface area contributed by atoms with Gasteiger partial charge in [0.25, 0.3) is 11.5 Å². The highest BCUT2D eigenvalue weighted by Crippen LogP contribution is 2.11. The monoisotopic (exact) mass is 343 g/mol.